The summed E-state index contributed by atoms with van der Waals surface area (Å²) in [4.78, 5) is 23.5. The minimum Gasteiger partial charge on any atom is -0.305 e. The van der Waals surface area contributed by atoms with E-state index in [4.69, 9.17) is 16.7 Å². The maximum atomic E-state index is 12.0. The maximum absolute atomic E-state index is 12.0. The number of rotatable bonds is 3. The number of anilines is 1. The molecule has 1 aliphatic rings. The molecule has 8 nitrogen and oxygen atoms in total. The van der Waals surface area contributed by atoms with Gasteiger partial charge in [-0.15, -0.1) is 0 Å². The molecule has 1 aromatic rings. The van der Waals surface area contributed by atoms with E-state index in [1.54, 1.807) is 6.92 Å². The molecule has 21 heavy (non-hydrogen) atoms. The zero-order valence-corrected chi connectivity index (χ0v) is 12.5. The summed E-state index contributed by atoms with van der Waals surface area (Å²) in [6.45, 7) is 1.35. The third kappa shape index (κ3) is 2.99. The average Bonchev–Trinajstić information content (AvgIpc) is 2.70. The van der Waals surface area contributed by atoms with Gasteiger partial charge in [0.25, 0.3) is 5.69 Å². The Bertz CT molecular complexity index is 734. The minimum absolute atomic E-state index is 0.0561. The van der Waals surface area contributed by atoms with Crippen LogP contribution >= 0.6 is 11.6 Å². The van der Waals surface area contributed by atoms with Crippen LogP contribution in [0, 0.1) is 17.0 Å². The highest BCUT2D eigenvalue weighted by Gasteiger charge is 2.40. The van der Waals surface area contributed by atoms with Gasteiger partial charge < -0.3 is 4.90 Å². The zero-order chi connectivity index (χ0) is 15.9. The maximum Gasteiger partial charge on any atom is 0.294 e. The Morgan fingerprint density at radius 1 is 1.48 bits per heavy atom. The van der Waals surface area contributed by atoms with Crippen molar-refractivity contribution < 1.29 is 18.1 Å². The molecule has 1 amide bonds. The van der Waals surface area contributed by atoms with E-state index in [0.717, 1.165) is 11.0 Å². The van der Waals surface area contributed by atoms with Gasteiger partial charge in [-0.2, -0.15) is 0 Å². The number of nitro groups is 1. The molecule has 1 fully saturated rings. The lowest BCUT2D eigenvalue weighted by atomic mass is 10.1. The summed E-state index contributed by atoms with van der Waals surface area (Å²) >= 11 is 5.79. The Morgan fingerprint density at radius 3 is 2.57 bits per heavy atom. The van der Waals surface area contributed by atoms with Crippen molar-refractivity contribution in [3.8, 4) is 0 Å². The summed E-state index contributed by atoms with van der Waals surface area (Å²) < 4.78 is 22.7. The minimum atomic E-state index is -3.89. The van der Waals surface area contributed by atoms with E-state index in [-0.39, 0.29) is 29.4 Å². The number of carbonyl (C=O) groups excluding carboxylic acids is 1. The molecule has 1 unspecified atom stereocenters. The van der Waals surface area contributed by atoms with E-state index in [2.05, 4.69) is 0 Å². The summed E-state index contributed by atoms with van der Waals surface area (Å²) in [5.74, 6) is -0.525. The zero-order valence-electron chi connectivity index (χ0n) is 10.9. The largest absolute Gasteiger partial charge is 0.305 e. The van der Waals surface area contributed by atoms with Gasteiger partial charge in [-0.1, -0.05) is 11.6 Å². The van der Waals surface area contributed by atoms with Crippen LogP contribution < -0.4 is 10.0 Å². The Balaban J connectivity index is 2.53. The van der Waals surface area contributed by atoms with Gasteiger partial charge in [-0.05, 0) is 18.6 Å². The van der Waals surface area contributed by atoms with Crippen molar-refractivity contribution >= 4 is 38.9 Å². The van der Waals surface area contributed by atoms with Gasteiger partial charge in [0.15, 0.2) is 0 Å². The van der Waals surface area contributed by atoms with Crippen LogP contribution in [-0.2, 0) is 14.8 Å². The number of benzene rings is 1. The second-order valence-corrected chi connectivity index (χ2v) is 7.05. The molecule has 0 saturated carbocycles. The molecule has 1 aliphatic heterocycles. The van der Waals surface area contributed by atoms with Crippen LogP contribution in [0.5, 0.6) is 0 Å². The van der Waals surface area contributed by atoms with Crippen LogP contribution in [-0.4, -0.2) is 31.0 Å². The van der Waals surface area contributed by atoms with Crippen LogP contribution in [0.2, 0.25) is 5.02 Å². The first-order valence-electron chi connectivity index (χ1n) is 5.87. The molecule has 2 rings (SSSR count). The number of primary sulfonamides is 1. The van der Waals surface area contributed by atoms with Crippen molar-refractivity contribution in [2.45, 2.75) is 18.6 Å². The Kier molecular flexibility index (Phi) is 3.91. The number of nitrogens with zero attached hydrogens (tertiary/aromatic N) is 2. The van der Waals surface area contributed by atoms with Crippen LogP contribution in [0.3, 0.4) is 0 Å². The van der Waals surface area contributed by atoms with Gasteiger partial charge in [0, 0.05) is 24.1 Å². The van der Waals surface area contributed by atoms with E-state index in [9.17, 15) is 23.3 Å². The first-order valence-corrected chi connectivity index (χ1v) is 7.86. The predicted molar refractivity (Wildman–Crippen MR) is 76.7 cm³/mol. The molecule has 0 radical (unpaired) electrons. The van der Waals surface area contributed by atoms with Gasteiger partial charge >= 0.3 is 0 Å². The Morgan fingerprint density at radius 2 is 2.10 bits per heavy atom. The highest BCUT2D eigenvalue weighted by Crippen LogP contribution is 2.37. The monoisotopic (exact) mass is 333 g/mol. The number of nitrogens with two attached hydrogens (primary N) is 1. The molecule has 1 heterocycles. The number of carbonyl (C=O) groups is 1. The van der Waals surface area contributed by atoms with Crippen LogP contribution in [0.4, 0.5) is 11.4 Å². The standard InChI is InChI=1S/C11H12ClN3O5S/c1-6-2-7(12)3-9(15(17)18)11(6)14-5-8(4-10(14)16)21(13,19)20/h2-3,8H,4-5H2,1H3,(H2,13,19,20). The molecule has 114 valence electrons. The summed E-state index contributed by atoms with van der Waals surface area (Å²) in [6.07, 6.45) is -0.294. The topological polar surface area (TPSA) is 124 Å². The molecule has 0 aromatic heterocycles. The lowest BCUT2D eigenvalue weighted by Crippen LogP contribution is -2.32. The molecule has 1 saturated heterocycles. The highest BCUT2D eigenvalue weighted by atomic mass is 35.5. The highest BCUT2D eigenvalue weighted by molar-refractivity contribution is 7.89. The van der Waals surface area contributed by atoms with Crippen LogP contribution in [0.25, 0.3) is 0 Å². The molecule has 1 aromatic carbocycles. The van der Waals surface area contributed by atoms with E-state index < -0.39 is 26.1 Å². The molecule has 2 N–H and O–H groups in total. The van der Waals surface area contributed by atoms with E-state index in [0.29, 0.717) is 5.56 Å². The van der Waals surface area contributed by atoms with Crippen molar-refractivity contribution in [2.75, 3.05) is 11.4 Å². The number of nitro benzene ring substituents is 1. The van der Waals surface area contributed by atoms with Gasteiger partial charge in [0.05, 0.1) is 4.92 Å². The number of aryl methyl sites for hydroxylation is 1. The number of amides is 1. The fourth-order valence-corrected chi connectivity index (χ4v) is 3.32. The van der Waals surface area contributed by atoms with Crippen molar-refractivity contribution in [3.05, 3.63) is 32.8 Å². The van der Waals surface area contributed by atoms with Crippen molar-refractivity contribution in [1.82, 2.24) is 0 Å². The summed E-state index contributed by atoms with van der Waals surface area (Å²) in [6, 6.07) is 2.60. The summed E-state index contributed by atoms with van der Waals surface area (Å²) in [7, 11) is -3.89. The second kappa shape index (κ2) is 5.24. The third-order valence-corrected chi connectivity index (χ3v) is 4.73. The van der Waals surface area contributed by atoms with Crippen molar-refractivity contribution in [3.63, 3.8) is 0 Å². The van der Waals surface area contributed by atoms with Gasteiger partial charge in [0.1, 0.15) is 10.9 Å². The van der Waals surface area contributed by atoms with Gasteiger partial charge in [-0.3, -0.25) is 14.9 Å². The first-order chi connectivity index (χ1) is 9.61. The van der Waals surface area contributed by atoms with E-state index in [1.807, 2.05) is 0 Å². The van der Waals surface area contributed by atoms with E-state index in [1.165, 1.54) is 6.07 Å². The normalized spacial score (nSPS) is 19.1. The third-order valence-electron chi connectivity index (χ3n) is 3.27. The molecular formula is C11H12ClN3O5S. The summed E-state index contributed by atoms with van der Waals surface area (Å²) in [5.41, 5.74) is 0.126. The van der Waals surface area contributed by atoms with Crippen molar-refractivity contribution in [2.24, 2.45) is 5.14 Å². The molecule has 0 aliphatic carbocycles. The Labute approximate surface area is 125 Å². The fourth-order valence-electron chi connectivity index (χ4n) is 2.32. The quantitative estimate of drug-likeness (QED) is 0.651. The average molecular weight is 334 g/mol. The molecule has 1 atom stereocenters. The predicted octanol–water partition coefficient (Wildman–Crippen LogP) is 0.950. The van der Waals surface area contributed by atoms with Crippen LogP contribution in [0.1, 0.15) is 12.0 Å². The SMILES string of the molecule is Cc1cc(Cl)cc([N+](=O)[O-])c1N1CC(S(N)(=O)=O)CC1=O. The number of hydrogen-bond donors (Lipinski definition) is 1. The Hall–Kier alpha value is -1.71. The van der Waals surface area contributed by atoms with E-state index >= 15 is 0 Å². The molecule has 0 bridgehead atoms. The number of sulfonamides is 1. The lowest BCUT2D eigenvalue weighted by Gasteiger charge is -2.19. The molecule has 10 heteroatoms. The molecule has 0 spiro atoms. The molecular weight excluding hydrogens is 322 g/mol. The first kappa shape index (κ1) is 15.7. The van der Waals surface area contributed by atoms with Crippen LogP contribution in [0.15, 0.2) is 12.1 Å². The number of hydrogen-bond acceptors (Lipinski definition) is 5. The van der Waals surface area contributed by atoms with Gasteiger partial charge in [-0.25, -0.2) is 13.6 Å². The smallest absolute Gasteiger partial charge is 0.294 e. The van der Waals surface area contributed by atoms with Crippen molar-refractivity contribution in [1.29, 1.82) is 0 Å². The number of halogens is 1. The summed E-state index contributed by atoms with van der Waals surface area (Å²) in [5, 5.41) is 15.3. The second-order valence-electron chi connectivity index (χ2n) is 4.77. The fraction of sp³-hybridized carbons (Fsp3) is 0.364. The van der Waals surface area contributed by atoms with Gasteiger partial charge in [0.2, 0.25) is 15.9 Å². The lowest BCUT2D eigenvalue weighted by molar-refractivity contribution is -0.384.